The average Bonchev–Trinajstić information content (AvgIpc) is 3.20. The minimum Gasteiger partial charge on any atom is -0.388 e. The topological polar surface area (TPSA) is 77.0 Å². The van der Waals surface area contributed by atoms with Gasteiger partial charge in [-0.05, 0) is 25.1 Å². The predicted molar refractivity (Wildman–Crippen MR) is 89.2 cm³/mol. The molecule has 6 nitrogen and oxygen atoms in total. The Balaban J connectivity index is 1.70. The van der Waals surface area contributed by atoms with Crippen molar-refractivity contribution < 1.29 is 9.63 Å². The molecule has 0 saturated heterocycles. The first-order chi connectivity index (χ1) is 11.7. The van der Waals surface area contributed by atoms with Crippen LogP contribution in [0.4, 0.5) is 0 Å². The summed E-state index contributed by atoms with van der Waals surface area (Å²) in [5, 5.41) is 13.6. The number of benzene rings is 2. The Bertz CT molecular complexity index is 1000. The molecule has 0 aliphatic carbocycles. The SMILES string of the molecule is Cc1cccc(-c2noc(Cn3c(CO)nc4ccccc43)n2)c1. The number of aliphatic hydroxyl groups is 1. The summed E-state index contributed by atoms with van der Waals surface area (Å²) in [5.41, 5.74) is 3.82. The maximum Gasteiger partial charge on any atom is 0.246 e. The van der Waals surface area contributed by atoms with Crippen molar-refractivity contribution in [2.45, 2.75) is 20.1 Å². The summed E-state index contributed by atoms with van der Waals surface area (Å²) in [4.78, 5) is 8.90. The molecule has 2 heterocycles. The zero-order chi connectivity index (χ0) is 16.5. The molecule has 24 heavy (non-hydrogen) atoms. The van der Waals surface area contributed by atoms with Crippen LogP contribution in [0, 0.1) is 6.92 Å². The quantitative estimate of drug-likeness (QED) is 0.625. The van der Waals surface area contributed by atoms with Crippen molar-refractivity contribution in [3.63, 3.8) is 0 Å². The van der Waals surface area contributed by atoms with E-state index in [2.05, 4.69) is 15.1 Å². The number of hydrogen-bond acceptors (Lipinski definition) is 5. The fourth-order valence-electron chi connectivity index (χ4n) is 2.78. The summed E-state index contributed by atoms with van der Waals surface area (Å²) in [6, 6.07) is 15.7. The van der Waals surface area contributed by atoms with Crippen molar-refractivity contribution in [3.8, 4) is 11.4 Å². The summed E-state index contributed by atoms with van der Waals surface area (Å²) in [6.45, 7) is 2.25. The zero-order valence-electron chi connectivity index (χ0n) is 13.2. The van der Waals surface area contributed by atoms with Crippen LogP contribution in [0.15, 0.2) is 53.1 Å². The number of para-hydroxylation sites is 2. The monoisotopic (exact) mass is 320 g/mol. The molecule has 0 bridgehead atoms. The van der Waals surface area contributed by atoms with Crippen LogP contribution in [0.2, 0.25) is 0 Å². The third-order valence-corrected chi connectivity index (χ3v) is 3.91. The van der Waals surface area contributed by atoms with E-state index in [0.717, 1.165) is 22.2 Å². The third kappa shape index (κ3) is 2.57. The minimum atomic E-state index is -0.145. The summed E-state index contributed by atoms with van der Waals surface area (Å²) in [7, 11) is 0. The molecule has 0 fully saturated rings. The molecule has 0 amide bonds. The maximum atomic E-state index is 9.56. The van der Waals surface area contributed by atoms with E-state index in [-0.39, 0.29) is 6.61 Å². The molecule has 2 aromatic heterocycles. The predicted octanol–water partition coefficient (Wildman–Crippen LogP) is 2.94. The van der Waals surface area contributed by atoms with Gasteiger partial charge in [-0.2, -0.15) is 4.98 Å². The minimum absolute atomic E-state index is 0.145. The molecule has 4 rings (SSSR count). The molecule has 0 saturated carbocycles. The second-order valence-corrected chi connectivity index (χ2v) is 5.64. The fourth-order valence-corrected chi connectivity index (χ4v) is 2.78. The molecule has 4 aromatic rings. The lowest BCUT2D eigenvalue weighted by atomic mass is 10.1. The van der Waals surface area contributed by atoms with Gasteiger partial charge in [0, 0.05) is 5.56 Å². The van der Waals surface area contributed by atoms with E-state index >= 15 is 0 Å². The number of nitrogens with zero attached hydrogens (tertiary/aromatic N) is 4. The molecule has 0 aliphatic heterocycles. The van der Waals surface area contributed by atoms with Crippen molar-refractivity contribution >= 4 is 11.0 Å². The summed E-state index contributed by atoms with van der Waals surface area (Å²) in [6.07, 6.45) is 0. The van der Waals surface area contributed by atoms with E-state index in [0.29, 0.717) is 24.1 Å². The Morgan fingerprint density at radius 2 is 1.96 bits per heavy atom. The van der Waals surface area contributed by atoms with Gasteiger partial charge in [0.1, 0.15) is 19.0 Å². The van der Waals surface area contributed by atoms with Crippen LogP contribution in [0.5, 0.6) is 0 Å². The molecule has 1 N–H and O–H groups in total. The lowest BCUT2D eigenvalue weighted by molar-refractivity contribution is 0.265. The first-order valence-electron chi connectivity index (χ1n) is 7.69. The number of fused-ring (bicyclic) bond motifs is 1. The Morgan fingerprint density at radius 1 is 1.08 bits per heavy atom. The van der Waals surface area contributed by atoms with Gasteiger partial charge in [-0.25, -0.2) is 4.98 Å². The Kier molecular flexibility index (Phi) is 3.59. The van der Waals surface area contributed by atoms with Crippen LogP contribution in [-0.2, 0) is 13.2 Å². The molecule has 0 atom stereocenters. The second-order valence-electron chi connectivity index (χ2n) is 5.64. The van der Waals surface area contributed by atoms with E-state index in [1.165, 1.54) is 0 Å². The van der Waals surface area contributed by atoms with Gasteiger partial charge in [0.15, 0.2) is 0 Å². The molecule has 0 aliphatic rings. The highest BCUT2D eigenvalue weighted by Crippen LogP contribution is 2.20. The normalized spacial score (nSPS) is 11.2. The molecule has 120 valence electrons. The van der Waals surface area contributed by atoms with Crippen LogP contribution < -0.4 is 0 Å². The van der Waals surface area contributed by atoms with E-state index in [1.54, 1.807) is 0 Å². The van der Waals surface area contributed by atoms with Crippen molar-refractivity contribution in [3.05, 3.63) is 65.8 Å². The van der Waals surface area contributed by atoms with Crippen molar-refractivity contribution in [2.24, 2.45) is 0 Å². The van der Waals surface area contributed by atoms with Crippen LogP contribution in [0.3, 0.4) is 0 Å². The van der Waals surface area contributed by atoms with Gasteiger partial charge in [-0.15, -0.1) is 0 Å². The van der Waals surface area contributed by atoms with Gasteiger partial charge in [0.2, 0.25) is 11.7 Å². The van der Waals surface area contributed by atoms with Gasteiger partial charge in [0.05, 0.1) is 11.0 Å². The van der Waals surface area contributed by atoms with E-state index in [4.69, 9.17) is 4.52 Å². The van der Waals surface area contributed by atoms with E-state index < -0.39 is 0 Å². The number of aliphatic hydroxyl groups excluding tert-OH is 1. The van der Waals surface area contributed by atoms with Crippen LogP contribution >= 0.6 is 0 Å². The number of aryl methyl sites for hydroxylation is 1. The van der Waals surface area contributed by atoms with Crippen molar-refractivity contribution in [1.82, 2.24) is 19.7 Å². The Morgan fingerprint density at radius 3 is 2.79 bits per heavy atom. The van der Waals surface area contributed by atoms with Crippen molar-refractivity contribution in [1.29, 1.82) is 0 Å². The first kappa shape index (κ1) is 14.6. The van der Waals surface area contributed by atoms with Crippen LogP contribution in [0.25, 0.3) is 22.4 Å². The lowest BCUT2D eigenvalue weighted by Gasteiger charge is -2.03. The van der Waals surface area contributed by atoms with Crippen LogP contribution in [0.1, 0.15) is 17.3 Å². The largest absolute Gasteiger partial charge is 0.388 e. The number of hydrogen-bond donors (Lipinski definition) is 1. The fraction of sp³-hybridized carbons (Fsp3) is 0.167. The van der Waals surface area contributed by atoms with Gasteiger partial charge in [0.25, 0.3) is 0 Å². The number of rotatable bonds is 4. The molecule has 0 spiro atoms. The summed E-state index contributed by atoms with van der Waals surface area (Å²) >= 11 is 0. The highest BCUT2D eigenvalue weighted by atomic mass is 16.5. The zero-order valence-corrected chi connectivity index (χ0v) is 13.2. The third-order valence-electron chi connectivity index (χ3n) is 3.91. The molecule has 0 unspecified atom stereocenters. The Hall–Kier alpha value is -2.99. The highest BCUT2D eigenvalue weighted by Gasteiger charge is 2.14. The van der Waals surface area contributed by atoms with Crippen molar-refractivity contribution in [2.75, 3.05) is 0 Å². The van der Waals surface area contributed by atoms with Gasteiger partial charge in [-0.3, -0.25) is 0 Å². The van der Waals surface area contributed by atoms with Gasteiger partial charge >= 0.3 is 0 Å². The number of imidazole rings is 1. The average molecular weight is 320 g/mol. The number of aromatic nitrogens is 4. The first-order valence-corrected chi connectivity index (χ1v) is 7.69. The molecule has 0 radical (unpaired) electrons. The molecular weight excluding hydrogens is 304 g/mol. The molecule has 2 aromatic carbocycles. The Labute approximate surface area is 138 Å². The van der Waals surface area contributed by atoms with E-state index in [1.807, 2.05) is 60.0 Å². The summed E-state index contributed by atoms with van der Waals surface area (Å²) < 4.78 is 7.28. The highest BCUT2D eigenvalue weighted by molar-refractivity contribution is 5.76. The maximum absolute atomic E-state index is 9.56. The molecule has 6 heteroatoms. The standard InChI is InChI=1S/C18H16N4O2/c1-12-5-4-6-13(9-12)18-20-17(24-21-18)10-22-15-8-3-2-7-14(15)19-16(22)11-23/h2-9,23H,10-11H2,1H3. The van der Waals surface area contributed by atoms with E-state index in [9.17, 15) is 5.11 Å². The second kappa shape index (κ2) is 5.90. The lowest BCUT2D eigenvalue weighted by Crippen LogP contribution is -2.05. The van der Waals surface area contributed by atoms with Gasteiger partial charge in [-0.1, -0.05) is 41.1 Å². The summed E-state index contributed by atoms with van der Waals surface area (Å²) in [5.74, 6) is 1.61. The van der Waals surface area contributed by atoms with Crippen LogP contribution in [-0.4, -0.2) is 24.8 Å². The van der Waals surface area contributed by atoms with Gasteiger partial charge < -0.3 is 14.2 Å². The molecular formula is C18H16N4O2. The smallest absolute Gasteiger partial charge is 0.246 e.